The third-order valence-corrected chi connectivity index (χ3v) is 3.02. The first-order valence-corrected chi connectivity index (χ1v) is 5.58. The number of hydrogen-bond acceptors (Lipinski definition) is 3. The molecule has 0 aliphatic carbocycles. The van der Waals surface area contributed by atoms with Crippen LogP contribution >= 0.6 is 0 Å². The fourth-order valence-electron chi connectivity index (χ4n) is 2.21. The van der Waals surface area contributed by atoms with Crippen LogP contribution in [-0.4, -0.2) is 23.8 Å². The van der Waals surface area contributed by atoms with Gasteiger partial charge in [0, 0.05) is 18.8 Å². The number of benzene rings is 1. The summed E-state index contributed by atoms with van der Waals surface area (Å²) in [6.45, 7) is 3.46. The van der Waals surface area contributed by atoms with Crippen LogP contribution in [-0.2, 0) is 0 Å². The molecular weight excluding hydrogens is 200 g/mol. The lowest BCUT2D eigenvalue weighted by molar-refractivity contribution is 0.0449. The van der Waals surface area contributed by atoms with Gasteiger partial charge < -0.3 is 10.0 Å². The standard InChI is InChI=1S/C13H16N2O/c1-13(16)6-3-7-15(10-13)12-5-2-4-11(8-12)9-14/h2,4-5,8,16H,3,6-7,10H2,1H3. The van der Waals surface area contributed by atoms with Gasteiger partial charge in [0.05, 0.1) is 17.2 Å². The number of piperidine rings is 1. The molecule has 0 spiro atoms. The van der Waals surface area contributed by atoms with Crippen molar-refractivity contribution in [3.05, 3.63) is 29.8 Å². The first kappa shape index (κ1) is 11.0. The highest BCUT2D eigenvalue weighted by atomic mass is 16.3. The highest BCUT2D eigenvalue weighted by molar-refractivity contribution is 5.52. The number of nitrogens with zero attached hydrogens (tertiary/aromatic N) is 2. The van der Waals surface area contributed by atoms with Crippen LogP contribution in [0.5, 0.6) is 0 Å². The molecule has 1 unspecified atom stereocenters. The van der Waals surface area contributed by atoms with Crippen molar-refractivity contribution in [3.63, 3.8) is 0 Å². The van der Waals surface area contributed by atoms with E-state index in [1.165, 1.54) is 0 Å². The molecule has 1 aromatic carbocycles. The molecule has 1 aromatic rings. The summed E-state index contributed by atoms with van der Waals surface area (Å²) >= 11 is 0. The zero-order chi connectivity index (χ0) is 11.6. The normalized spacial score (nSPS) is 25.2. The van der Waals surface area contributed by atoms with Crippen molar-refractivity contribution in [2.75, 3.05) is 18.0 Å². The van der Waals surface area contributed by atoms with Crippen LogP contribution in [0, 0.1) is 11.3 Å². The number of nitriles is 1. The lowest BCUT2D eigenvalue weighted by Crippen LogP contribution is -2.46. The molecule has 0 aromatic heterocycles. The zero-order valence-corrected chi connectivity index (χ0v) is 9.48. The quantitative estimate of drug-likeness (QED) is 0.780. The molecule has 16 heavy (non-hydrogen) atoms. The van der Waals surface area contributed by atoms with Crippen LogP contribution in [0.1, 0.15) is 25.3 Å². The van der Waals surface area contributed by atoms with Crippen molar-refractivity contribution in [2.24, 2.45) is 0 Å². The molecule has 1 atom stereocenters. The van der Waals surface area contributed by atoms with E-state index in [-0.39, 0.29) is 0 Å². The van der Waals surface area contributed by atoms with Gasteiger partial charge in [0.1, 0.15) is 0 Å². The van der Waals surface area contributed by atoms with Crippen molar-refractivity contribution in [1.82, 2.24) is 0 Å². The molecule has 0 amide bonds. The Kier molecular flexibility index (Phi) is 2.84. The van der Waals surface area contributed by atoms with Gasteiger partial charge in [-0.25, -0.2) is 0 Å². The Morgan fingerprint density at radius 1 is 1.50 bits per heavy atom. The Bertz CT molecular complexity index is 420. The summed E-state index contributed by atoms with van der Waals surface area (Å²) in [4.78, 5) is 2.14. The fourth-order valence-corrected chi connectivity index (χ4v) is 2.21. The van der Waals surface area contributed by atoms with E-state index in [0.29, 0.717) is 12.1 Å². The Morgan fingerprint density at radius 2 is 2.31 bits per heavy atom. The summed E-state index contributed by atoms with van der Waals surface area (Å²) in [5, 5.41) is 18.9. The van der Waals surface area contributed by atoms with Crippen molar-refractivity contribution in [1.29, 1.82) is 5.26 Å². The molecule has 1 aliphatic rings. The average Bonchev–Trinajstić information content (AvgIpc) is 2.28. The largest absolute Gasteiger partial charge is 0.388 e. The number of aliphatic hydroxyl groups is 1. The zero-order valence-electron chi connectivity index (χ0n) is 9.48. The van der Waals surface area contributed by atoms with Gasteiger partial charge in [-0.15, -0.1) is 0 Å². The van der Waals surface area contributed by atoms with Crippen LogP contribution in [0.2, 0.25) is 0 Å². The van der Waals surface area contributed by atoms with Crippen LogP contribution < -0.4 is 4.90 Å². The van der Waals surface area contributed by atoms with Gasteiger partial charge >= 0.3 is 0 Å². The second-order valence-electron chi connectivity index (χ2n) is 4.68. The van der Waals surface area contributed by atoms with E-state index < -0.39 is 5.60 Å². The van der Waals surface area contributed by atoms with E-state index in [2.05, 4.69) is 11.0 Å². The number of rotatable bonds is 1. The lowest BCUT2D eigenvalue weighted by Gasteiger charge is -2.38. The van der Waals surface area contributed by atoms with E-state index >= 15 is 0 Å². The first-order valence-electron chi connectivity index (χ1n) is 5.58. The smallest absolute Gasteiger partial charge is 0.0992 e. The molecule has 1 N–H and O–H groups in total. The van der Waals surface area contributed by atoms with Crippen molar-refractivity contribution >= 4 is 5.69 Å². The van der Waals surface area contributed by atoms with E-state index in [1.54, 1.807) is 6.07 Å². The van der Waals surface area contributed by atoms with Crippen molar-refractivity contribution in [3.8, 4) is 6.07 Å². The van der Waals surface area contributed by atoms with Crippen molar-refractivity contribution < 1.29 is 5.11 Å². The Labute approximate surface area is 95.9 Å². The van der Waals surface area contributed by atoms with E-state index in [0.717, 1.165) is 25.1 Å². The minimum Gasteiger partial charge on any atom is -0.388 e. The molecule has 3 heteroatoms. The van der Waals surface area contributed by atoms with Crippen LogP contribution in [0.4, 0.5) is 5.69 Å². The van der Waals surface area contributed by atoms with Gasteiger partial charge in [-0.2, -0.15) is 5.26 Å². The highest BCUT2D eigenvalue weighted by Gasteiger charge is 2.28. The van der Waals surface area contributed by atoms with Gasteiger partial charge in [0.2, 0.25) is 0 Å². The molecule has 1 saturated heterocycles. The number of β-amino-alcohol motifs (C(OH)–C–C–N with tert-alkyl or cyclic N) is 1. The average molecular weight is 216 g/mol. The van der Waals surface area contributed by atoms with Gasteiger partial charge in [-0.1, -0.05) is 6.07 Å². The molecule has 2 rings (SSSR count). The van der Waals surface area contributed by atoms with Gasteiger partial charge in [-0.05, 0) is 38.0 Å². The molecule has 84 valence electrons. The van der Waals surface area contributed by atoms with E-state index in [1.807, 2.05) is 25.1 Å². The number of hydrogen-bond donors (Lipinski definition) is 1. The maximum Gasteiger partial charge on any atom is 0.0992 e. The van der Waals surface area contributed by atoms with Crippen LogP contribution in [0.15, 0.2) is 24.3 Å². The molecule has 1 aliphatic heterocycles. The third kappa shape index (κ3) is 2.34. The Morgan fingerprint density at radius 3 is 3.00 bits per heavy atom. The molecule has 0 radical (unpaired) electrons. The van der Waals surface area contributed by atoms with Gasteiger partial charge in [-0.3, -0.25) is 0 Å². The first-order chi connectivity index (χ1) is 7.61. The SMILES string of the molecule is CC1(O)CCCN(c2cccc(C#N)c2)C1. The fraction of sp³-hybridized carbons (Fsp3) is 0.462. The van der Waals surface area contributed by atoms with Gasteiger partial charge in [0.15, 0.2) is 0 Å². The summed E-state index contributed by atoms with van der Waals surface area (Å²) in [6.07, 6.45) is 1.84. The molecule has 0 bridgehead atoms. The predicted octanol–water partition coefficient (Wildman–Crippen LogP) is 1.91. The van der Waals surface area contributed by atoms with Crippen LogP contribution in [0.3, 0.4) is 0 Å². The monoisotopic (exact) mass is 216 g/mol. The number of anilines is 1. The molecule has 0 saturated carbocycles. The molecule has 1 heterocycles. The highest BCUT2D eigenvalue weighted by Crippen LogP contribution is 2.25. The minimum atomic E-state index is -0.610. The third-order valence-electron chi connectivity index (χ3n) is 3.02. The maximum atomic E-state index is 10.0. The summed E-state index contributed by atoms with van der Waals surface area (Å²) in [6, 6.07) is 9.69. The maximum absolute atomic E-state index is 10.0. The summed E-state index contributed by atoms with van der Waals surface area (Å²) in [5.41, 5.74) is 1.09. The summed E-state index contributed by atoms with van der Waals surface area (Å²) in [5.74, 6) is 0. The van der Waals surface area contributed by atoms with Crippen LogP contribution in [0.25, 0.3) is 0 Å². The Balaban J connectivity index is 2.21. The molecule has 1 fully saturated rings. The van der Waals surface area contributed by atoms with Crippen molar-refractivity contribution in [2.45, 2.75) is 25.4 Å². The Hall–Kier alpha value is -1.53. The lowest BCUT2D eigenvalue weighted by atomic mass is 9.94. The minimum absolute atomic E-state index is 0.610. The second kappa shape index (κ2) is 4.15. The van der Waals surface area contributed by atoms with E-state index in [9.17, 15) is 5.11 Å². The molecular formula is C13H16N2O. The summed E-state index contributed by atoms with van der Waals surface area (Å²) in [7, 11) is 0. The topological polar surface area (TPSA) is 47.3 Å². The second-order valence-corrected chi connectivity index (χ2v) is 4.68. The van der Waals surface area contributed by atoms with E-state index in [4.69, 9.17) is 5.26 Å². The molecule has 3 nitrogen and oxygen atoms in total. The predicted molar refractivity (Wildman–Crippen MR) is 63.2 cm³/mol. The van der Waals surface area contributed by atoms with Gasteiger partial charge in [0.25, 0.3) is 0 Å². The summed E-state index contributed by atoms with van der Waals surface area (Å²) < 4.78 is 0.